The van der Waals surface area contributed by atoms with E-state index in [9.17, 15) is 14.7 Å². The minimum Gasteiger partial charge on any atom is -0.468 e. The third-order valence-corrected chi connectivity index (χ3v) is 6.83. The molecule has 0 radical (unpaired) electrons. The molecule has 2 aromatic heterocycles. The van der Waals surface area contributed by atoms with E-state index < -0.39 is 0 Å². The summed E-state index contributed by atoms with van der Waals surface area (Å²) in [6, 6.07) is 1.74. The molecule has 2 aromatic rings. The van der Waals surface area contributed by atoms with Crippen molar-refractivity contribution >= 4 is 34.5 Å². The highest BCUT2D eigenvalue weighted by atomic mass is 16.3. The zero-order valence-corrected chi connectivity index (χ0v) is 18.0. The van der Waals surface area contributed by atoms with Gasteiger partial charge in [0.1, 0.15) is 12.0 Å². The molecule has 0 spiro atoms. The summed E-state index contributed by atoms with van der Waals surface area (Å²) in [5.41, 5.74) is 7.11. The average molecular weight is 441 g/mol. The average Bonchev–Trinajstić information content (AvgIpc) is 3.18. The number of aromatic amines is 2. The molecule has 0 amide bonds. The van der Waals surface area contributed by atoms with Gasteiger partial charge in [0, 0.05) is 59.9 Å². The van der Waals surface area contributed by atoms with Crippen LogP contribution in [0.2, 0.25) is 0 Å². The second-order valence-corrected chi connectivity index (χ2v) is 8.76. The molecule has 1 fully saturated rings. The molecule has 0 saturated heterocycles. The van der Waals surface area contributed by atoms with Crippen molar-refractivity contribution in [2.24, 2.45) is 10.9 Å². The number of aliphatic hydroxyl groups is 1. The molecule has 6 rings (SSSR count). The standard InChI is InChI=1S/C26H23N3O4/c30-13-15-2-1-14-7-19-21-12-27-11-16(21)8-18(14)25(15)28-4-3-17-9-20-22(31)10-23(32)24(19)26(20)29-5-6-33-17/h5-9,11-12,15,27,29-30H,1-4,10,13H2/b6-5?,17-9?,24-19+,28-25-/t15-/m1/s1. The smallest absolute Gasteiger partial charge is 0.173 e. The van der Waals surface area contributed by atoms with Crippen LogP contribution >= 0.6 is 0 Å². The Labute approximate surface area is 190 Å². The van der Waals surface area contributed by atoms with Gasteiger partial charge in [-0.3, -0.25) is 14.6 Å². The van der Waals surface area contributed by atoms with E-state index >= 15 is 0 Å². The second kappa shape index (κ2) is 7.71. The lowest BCUT2D eigenvalue weighted by Gasteiger charge is -2.27. The number of H-pyrrole nitrogens is 2. The molecule has 3 aliphatic carbocycles. The van der Waals surface area contributed by atoms with Crippen molar-refractivity contribution in [3.63, 3.8) is 0 Å². The largest absolute Gasteiger partial charge is 0.468 e. The molecule has 8 bridgehead atoms. The van der Waals surface area contributed by atoms with Gasteiger partial charge in [0.25, 0.3) is 0 Å². The number of Topliss-reactive ketones (excluding diaryl/α,β-unsaturated/α-hetero) is 2. The first-order valence-electron chi connectivity index (χ1n) is 11.2. The Kier molecular flexibility index (Phi) is 4.66. The third-order valence-electron chi connectivity index (χ3n) is 6.83. The normalized spacial score (nSPS) is 25.0. The quantitative estimate of drug-likeness (QED) is 0.584. The molecule has 1 saturated carbocycles. The number of hydrogen-bond donors (Lipinski definition) is 3. The van der Waals surface area contributed by atoms with E-state index in [1.165, 1.54) is 6.26 Å². The Morgan fingerprint density at radius 2 is 2.03 bits per heavy atom. The third kappa shape index (κ3) is 3.19. The maximum absolute atomic E-state index is 13.3. The van der Waals surface area contributed by atoms with Gasteiger partial charge in [0.2, 0.25) is 0 Å². The predicted molar refractivity (Wildman–Crippen MR) is 124 cm³/mol. The number of aromatic nitrogens is 2. The van der Waals surface area contributed by atoms with Crippen molar-refractivity contribution in [2.45, 2.75) is 25.7 Å². The van der Waals surface area contributed by atoms with Gasteiger partial charge in [0.05, 0.1) is 24.3 Å². The van der Waals surface area contributed by atoms with Gasteiger partial charge >= 0.3 is 0 Å². The van der Waals surface area contributed by atoms with Crippen molar-refractivity contribution in [3.05, 3.63) is 76.3 Å². The number of carbonyl (C=O) groups excluding carboxylic acids is 2. The van der Waals surface area contributed by atoms with Crippen LogP contribution in [0.4, 0.5) is 0 Å². The maximum Gasteiger partial charge on any atom is 0.173 e. The monoisotopic (exact) mass is 441 g/mol. The van der Waals surface area contributed by atoms with Crippen molar-refractivity contribution in [3.8, 4) is 0 Å². The van der Waals surface area contributed by atoms with E-state index in [1.54, 1.807) is 12.3 Å². The number of hydrogen-bond acceptors (Lipinski definition) is 5. The first kappa shape index (κ1) is 19.9. The van der Waals surface area contributed by atoms with Gasteiger partial charge in [-0.2, -0.15) is 0 Å². The summed E-state index contributed by atoms with van der Waals surface area (Å²) in [6.07, 6.45) is 13.0. The van der Waals surface area contributed by atoms with E-state index in [0.717, 1.165) is 46.4 Å². The summed E-state index contributed by atoms with van der Waals surface area (Å²) in [6.45, 7) is 0.499. The van der Waals surface area contributed by atoms with E-state index in [0.29, 0.717) is 35.6 Å². The lowest BCUT2D eigenvalue weighted by Crippen LogP contribution is -2.27. The number of carbonyl (C=O) groups is 2. The Morgan fingerprint density at radius 3 is 2.91 bits per heavy atom. The summed E-state index contributed by atoms with van der Waals surface area (Å²) in [5.74, 6) is 0.144. The predicted octanol–water partition coefficient (Wildman–Crippen LogP) is 3.85. The molecule has 3 heterocycles. The molecule has 166 valence electrons. The summed E-state index contributed by atoms with van der Waals surface area (Å²) < 4.78 is 5.75. The van der Waals surface area contributed by atoms with E-state index in [2.05, 4.69) is 22.1 Å². The molecule has 4 aliphatic rings. The summed E-state index contributed by atoms with van der Waals surface area (Å²) in [7, 11) is 0. The van der Waals surface area contributed by atoms with Gasteiger partial charge in [-0.1, -0.05) is 0 Å². The first-order chi connectivity index (χ1) is 16.1. The zero-order valence-electron chi connectivity index (χ0n) is 18.0. The van der Waals surface area contributed by atoms with Crippen LogP contribution in [0.3, 0.4) is 0 Å². The topological polar surface area (TPSA) is 111 Å². The van der Waals surface area contributed by atoms with Crippen LogP contribution in [0.25, 0.3) is 17.2 Å². The van der Waals surface area contributed by atoms with E-state index in [1.807, 2.05) is 12.4 Å². The van der Waals surface area contributed by atoms with Gasteiger partial charge in [-0.15, -0.1) is 0 Å². The minimum atomic E-state index is -0.224. The molecule has 3 N–H and O–H groups in total. The fourth-order valence-corrected chi connectivity index (χ4v) is 5.22. The Balaban J connectivity index is 1.76. The number of aliphatic imine (C=N–C) groups is 1. The SMILES string of the molecule is O=C1CC(=O)c2cc3occ[nH]c2/C1=C1\C=C2CC[C@H](CO)/C(=N/CC3)C2=Cc2c[nH]cc21. The Morgan fingerprint density at radius 1 is 1.12 bits per heavy atom. The van der Waals surface area contributed by atoms with Crippen LogP contribution in [0.15, 0.2) is 57.6 Å². The van der Waals surface area contributed by atoms with Crippen molar-refractivity contribution in [1.82, 2.24) is 9.97 Å². The Hall–Kier alpha value is -3.71. The highest BCUT2D eigenvalue weighted by Crippen LogP contribution is 2.42. The molecule has 0 aromatic carbocycles. The van der Waals surface area contributed by atoms with Gasteiger partial charge in [-0.25, -0.2) is 0 Å². The van der Waals surface area contributed by atoms with Gasteiger partial charge in [-0.05, 0) is 47.8 Å². The number of allylic oxidation sites excluding steroid dienone is 5. The van der Waals surface area contributed by atoms with Crippen LogP contribution in [0.1, 0.15) is 52.2 Å². The van der Waals surface area contributed by atoms with Crippen molar-refractivity contribution in [2.75, 3.05) is 13.2 Å². The summed E-state index contributed by atoms with van der Waals surface area (Å²) >= 11 is 0. The summed E-state index contributed by atoms with van der Waals surface area (Å²) in [5, 5.41) is 10.1. The number of aliphatic hydroxyl groups excluding tert-OH is 1. The molecular formula is C26H23N3O4. The van der Waals surface area contributed by atoms with Crippen LogP contribution in [0, 0.1) is 5.92 Å². The number of nitrogens with one attached hydrogen (secondary N) is 2. The lowest BCUT2D eigenvalue weighted by atomic mass is 9.79. The molecule has 7 nitrogen and oxygen atoms in total. The number of nitrogens with zero attached hydrogens (tertiary/aromatic N) is 1. The second-order valence-electron chi connectivity index (χ2n) is 8.76. The highest BCUT2D eigenvalue weighted by Gasteiger charge is 2.34. The van der Waals surface area contributed by atoms with Gasteiger partial charge < -0.3 is 19.5 Å². The van der Waals surface area contributed by atoms with Crippen LogP contribution in [-0.2, 0) is 11.2 Å². The highest BCUT2D eigenvalue weighted by molar-refractivity contribution is 6.38. The van der Waals surface area contributed by atoms with Crippen LogP contribution < -0.4 is 0 Å². The van der Waals surface area contributed by atoms with Crippen molar-refractivity contribution < 1.29 is 19.1 Å². The number of fused-ring (bicyclic) bond motifs is 4. The summed E-state index contributed by atoms with van der Waals surface area (Å²) in [4.78, 5) is 37.5. The first-order valence-corrected chi connectivity index (χ1v) is 11.2. The minimum absolute atomic E-state index is 0.0338. The fourth-order valence-electron chi connectivity index (χ4n) is 5.22. The van der Waals surface area contributed by atoms with Crippen LogP contribution in [-0.4, -0.2) is 45.5 Å². The van der Waals surface area contributed by atoms with Crippen LogP contribution in [0.5, 0.6) is 0 Å². The van der Waals surface area contributed by atoms with Crippen molar-refractivity contribution in [1.29, 1.82) is 0 Å². The molecule has 1 atom stereocenters. The number of rotatable bonds is 1. The van der Waals surface area contributed by atoms with Gasteiger partial charge in [0.15, 0.2) is 11.6 Å². The zero-order chi connectivity index (χ0) is 22.5. The lowest BCUT2D eigenvalue weighted by molar-refractivity contribution is -0.113. The molecule has 33 heavy (non-hydrogen) atoms. The fraction of sp³-hybridized carbons (Fsp3) is 0.269. The molecular weight excluding hydrogens is 418 g/mol. The molecule has 1 aliphatic heterocycles. The van der Waals surface area contributed by atoms with E-state index in [4.69, 9.17) is 9.41 Å². The molecule has 0 unspecified atom stereocenters. The number of ketones is 2. The molecule has 7 heteroatoms. The van der Waals surface area contributed by atoms with E-state index in [-0.39, 0.29) is 30.5 Å². The maximum atomic E-state index is 13.3. The Bertz CT molecular complexity index is 1370.